The number of halogens is 1. The van der Waals surface area contributed by atoms with E-state index in [1.165, 1.54) is 22.5 Å². The number of amides is 1. The van der Waals surface area contributed by atoms with Crippen LogP contribution < -0.4 is 10.1 Å². The average Bonchev–Trinajstić information content (AvgIpc) is 3.20. The van der Waals surface area contributed by atoms with E-state index in [4.69, 9.17) is 16.3 Å². The summed E-state index contributed by atoms with van der Waals surface area (Å²) in [5, 5.41) is 6.36. The summed E-state index contributed by atoms with van der Waals surface area (Å²) in [4.78, 5) is 17.8. The number of thioether (sulfide) groups is 1. The molecule has 6 heteroatoms. The van der Waals surface area contributed by atoms with Crippen molar-refractivity contribution in [3.63, 3.8) is 0 Å². The van der Waals surface area contributed by atoms with E-state index >= 15 is 0 Å². The van der Waals surface area contributed by atoms with Gasteiger partial charge in [0.15, 0.2) is 5.17 Å². The second-order valence-electron chi connectivity index (χ2n) is 7.83. The molecule has 4 nitrogen and oxygen atoms in total. The molecule has 0 unspecified atom stereocenters. The van der Waals surface area contributed by atoms with Gasteiger partial charge in [0.05, 0.1) is 10.6 Å². The van der Waals surface area contributed by atoms with E-state index in [0.717, 1.165) is 22.4 Å². The van der Waals surface area contributed by atoms with Crippen LogP contribution in [0.2, 0.25) is 5.02 Å². The van der Waals surface area contributed by atoms with Gasteiger partial charge in [-0.2, -0.15) is 0 Å². The lowest BCUT2D eigenvalue weighted by molar-refractivity contribution is -0.115. The number of carbonyl (C=O) groups is 1. The number of hydrogen-bond acceptors (Lipinski definition) is 4. The summed E-state index contributed by atoms with van der Waals surface area (Å²) < 4.78 is 6.20. The third kappa shape index (κ3) is 4.72. The maximum atomic E-state index is 12.6. The third-order valence-electron chi connectivity index (χ3n) is 5.58. The molecule has 34 heavy (non-hydrogen) atoms. The number of carbonyl (C=O) groups excluding carboxylic acids is 1. The number of nitrogens with zero attached hydrogens (tertiary/aromatic N) is 1. The number of nitrogens with one attached hydrogen (secondary N) is 1. The molecule has 0 saturated carbocycles. The number of hydrogen-bond donors (Lipinski definition) is 1. The van der Waals surface area contributed by atoms with Gasteiger partial charge in [-0.05, 0) is 64.9 Å². The Hall–Kier alpha value is -3.54. The summed E-state index contributed by atoms with van der Waals surface area (Å²) in [6.07, 6.45) is 1.84. The Labute approximate surface area is 207 Å². The Balaban J connectivity index is 1.38. The van der Waals surface area contributed by atoms with Gasteiger partial charge in [-0.3, -0.25) is 4.79 Å². The van der Waals surface area contributed by atoms with Crippen molar-refractivity contribution in [1.82, 2.24) is 5.32 Å². The molecule has 1 amide bonds. The van der Waals surface area contributed by atoms with Crippen molar-refractivity contribution in [2.24, 2.45) is 4.99 Å². The fourth-order valence-electron chi connectivity index (χ4n) is 3.75. The molecule has 5 rings (SSSR count). The molecule has 0 atom stereocenters. The molecular formula is C28H21ClN2O2S. The second kappa shape index (κ2) is 9.75. The van der Waals surface area contributed by atoms with Gasteiger partial charge >= 0.3 is 0 Å². The van der Waals surface area contributed by atoms with Gasteiger partial charge in [0, 0.05) is 10.6 Å². The fourth-order valence-corrected chi connectivity index (χ4v) is 4.75. The first-order valence-corrected chi connectivity index (χ1v) is 12.0. The van der Waals surface area contributed by atoms with Crippen LogP contribution in [0.25, 0.3) is 16.8 Å². The van der Waals surface area contributed by atoms with Crippen molar-refractivity contribution in [3.05, 3.63) is 112 Å². The minimum Gasteiger partial charge on any atom is -0.488 e. The highest BCUT2D eigenvalue weighted by Gasteiger charge is 2.24. The molecule has 4 aromatic carbocycles. The van der Waals surface area contributed by atoms with Crippen molar-refractivity contribution in [1.29, 1.82) is 0 Å². The number of amidine groups is 1. The molecular weight excluding hydrogens is 464 g/mol. The quantitative estimate of drug-likeness (QED) is 0.303. The molecule has 168 valence electrons. The van der Waals surface area contributed by atoms with E-state index < -0.39 is 0 Å². The van der Waals surface area contributed by atoms with E-state index in [0.29, 0.717) is 27.5 Å². The molecule has 0 spiro atoms. The van der Waals surface area contributed by atoms with Crippen LogP contribution in [-0.2, 0) is 11.4 Å². The van der Waals surface area contributed by atoms with Gasteiger partial charge in [-0.1, -0.05) is 78.3 Å². The van der Waals surface area contributed by atoms with Crippen LogP contribution in [0.4, 0.5) is 5.69 Å². The number of aliphatic imine (C=N–C) groups is 1. The molecule has 1 N–H and O–H groups in total. The Morgan fingerprint density at radius 2 is 1.74 bits per heavy atom. The predicted molar refractivity (Wildman–Crippen MR) is 142 cm³/mol. The normalized spacial score (nSPS) is 15.8. The van der Waals surface area contributed by atoms with Gasteiger partial charge in [0.1, 0.15) is 12.4 Å². The zero-order valence-corrected chi connectivity index (χ0v) is 20.0. The van der Waals surface area contributed by atoms with Crippen LogP contribution in [-0.4, -0.2) is 11.1 Å². The standard InChI is InChI=1S/C28H21ClN2O2S/c1-18-23(29)13-7-14-24(18)30-28-31-27(32)26(34-28)16-20-9-3-5-15-25(20)33-17-21-11-6-10-19-8-2-4-12-22(19)21/h2-16H,17H2,1H3,(H,30,31,32)/b26-16+. The predicted octanol–water partition coefficient (Wildman–Crippen LogP) is 7.27. The lowest BCUT2D eigenvalue weighted by Gasteiger charge is -2.11. The smallest absolute Gasteiger partial charge is 0.264 e. The van der Waals surface area contributed by atoms with E-state index in [2.05, 4.69) is 34.6 Å². The van der Waals surface area contributed by atoms with E-state index in [1.807, 2.05) is 73.7 Å². The third-order valence-corrected chi connectivity index (χ3v) is 6.90. The Bertz CT molecular complexity index is 1460. The first kappa shape index (κ1) is 22.3. The molecule has 0 bridgehead atoms. The molecule has 0 radical (unpaired) electrons. The number of fused-ring (bicyclic) bond motifs is 1. The van der Waals surface area contributed by atoms with Crippen molar-refractivity contribution in [2.75, 3.05) is 0 Å². The molecule has 1 aliphatic heterocycles. The van der Waals surface area contributed by atoms with Crippen molar-refractivity contribution in [2.45, 2.75) is 13.5 Å². The zero-order chi connectivity index (χ0) is 23.5. The lowest BCUT2D eigenvalue weighted by Crippen LogP contribution is -2.19. The summed E-state index contributed by atoms with van der Waals surface area (Å²) in [5.41, 5.74) is 3.55. The first-order valence-electron chi connectivity index (χ1n) is 10.8. The summed E-state index contributed by atoms with van der Waals surface area (Å²) in [6.45, 7) is 2.34. The van der Waals surface area contributed by atoms with Crippen molar-refractivity contribution in [3.8, 4) is 5.75 Å². The van der Waals surface area contributed by atoms with Crippen LogP contribution in [0.15, 0.2) is 94.8 Å². The zero-order valence-electron chi connectivity index (χ0n) is 18.4. The van der Waals surface area contributed by atoms with Crippen LogP contribution in [0, 0.1) is 6.92 Å². The maximum Gasteiger partial charge on any atom is 0.264 e. The minimum absolute atomic E-state index is 0.188. The van der Waals surface area contributed by atoms with E-state index in [-0.39, 0.29) is 5.91 Å². The second-order valence-corrected chi connectivity index (χ2v) is 9.27. The average molecular weight is 485 g/mol. The largest absolute Gasteiger partial charge is 0.488 e. The Morgan fingerprint density at radius 3 is 2.65 bits per heavy atom. The van der Waals surface area contributed by atoms with Gasteiger partial charge in [-0.25, -0.2) is 4.99 Å². The number of rotatable bonds is 5. The van der Waals surface area contributed by atoms with Crippen LogP contribution in [0.5, 0.6) is 5.75 Å². The molecule has 1 heterocycles. The van der Waals surface area contributed by atoms with Crippen LogP contribution in [0.3, 0.4) is 0 Å². The Morgan fingerprint density at radius 1 is 0.971 bits per heavy atom. The fraction of sp³-hybridized carbons (Fsp3) is 0.0714. The first-order chi connectivity index (χ1) is 16.6. The minimum atomic E-state index is -0.188. The number of para-hydroxylation sites is 1. The van der Waals surface area contributed by atoms with Crippen molar-refractivity contribution >= 4 is 57.0 Å². The summed E-state index contributed by atoms with van der Waals surface area (Å²) in [7, 11) is 0. The van der Waals surface area contributed by atoms with E-state index in [9.17, 15) is 4.79 Å². The highest BCUT2D eigenvalue weighted by Crippen LogP contribution is 2.33. The van der Waals surface area contributed by atoms with Crippen LogP contribution in [0.1, 0.15) is 16.7 Å². The highest BCUT2D eigenvalue weighted by atomic mass is 35.5. The Kier molecular flexibility index (Phi) is 6.39. The van der Waals surface area contributed by atoms with E-state index in [1.54, 1.807) is 0 Å². The van der Waals surface area contributed by atoms with Gasteiger partial charge in [-0.15, -0.1) is 0 Å². The summed E-state index contributed by atoms with van der Waals surface area (Å²) in [6, 6.07) is 27.7. The molecule has 0 aromatic heterocycles. The van der Waals surface area contributed by atoms with Gasteiger partial charge in [0.2, 0.25) is 0 Å². The summed E-state index contributed by atoms with van der Waals surface area (Å²) in [5.74, 6) is 0.527. The topological polar surface area (TPSA) is 50.7 Å². The SMILES string of the molecule is Cc1c(Cl)cccc1N=C1NC(=O)/C(=C\c2ccccc2OCc2cccc3ccccc23)S1. The molecule has 0 aliphatic carbocycles. The summed E-state index contributed by atoms with van der Waals surface area (Å²) >= 11 is 7.50. The monoisotopic (exact) mass is 484 g/mol. The molecule has 1 aliphatic rings. The van der Waals surface area contributed by atoms with Gasteiger partial charge < -0.3 is 10.1 Å². The molecule has 1 fully saturated rings. The highest BCUT2D eigenvalue weighted by molar-refractivity contribution is 8.18. The molecule has 4 aromatic rings. The van der Waals surface area contributed by atoms with Gasteiger partial charge in [0.25, 0.3) is 5.91 Å². The maximum absolute atomic E-state index is 12.6. The number of ether oxygens (including phenoxy) is 1. The number of benzene rings is 4. The molecule has 1 saturated heterocycles. The lowest BCUT2D eigenvalue weighted by atomic mass is 10.1. The van der Waals surface area contributed by atoms with Crippen LogP contribution >= 0.6 is 23.4 Å². The van der Waals surface area contributed by atoms with Crippen molar-refractivity contribution < 1.29 is 9.53 Å².